The van der Waals surface area contributed by atoms with Crippen molar-refractivity contribution < 1.29 is 16.4 Å². The third kappa shape index (κ3) is 4.66. The summed E-state index contributed by atoms with van der Waals surface area (Å²) in [6.07, 6.45) is 0.617. The number of hydrogen-bond acceptors (Lipinski definition) is 6. The van der Waals surface area contributed by atoms with Crippen LogP contribution in [0.2, 0.25) is 1.41 Å². The predicted octanol–water partition coefficient (Wildman–Crippen LogP) is 2.97. The molecular weight excluding hydrogens is 284 g/mol. The van der Waals surface area contributed by atoms with Crippen LogP contribution >= 0.6 is 9.12 Å². The van der Waals surface area contributed by atoms with Crippen molar-refractivity contribution in [2.24, 2.45) is 0 Å². The van der Waals surface area contributed by atoms with Crippen LogP contribution in [-0.2, 0) is 0 Å². The number of nitro groups is 2. The summed E-state index contributed by atoms with van der Waals surface area (Å²) in [5, 5.41) is 33.9. The van der Waals surface area contributed by atoms with Crippen molar-refractivity contribution in [1.29, 1.82) is 5.31 Å². The number of nitrogens with one attached hydrogen (secondary N) is 1. The van der Waals surface area contributed by atoms with Gasteiger partial charge in [-0.25, -0.2) is 0 Å². The maximum absolute atomic E-state index is 10.7. The van der Waals surface area contributed by atoms with Gasteiger partial charge in [-0.05, 0) is 12.3 Å². The van der Waals surface area contributed by atoms with Crippen LogP contribution in [0, 0.1) is 25.5 Å². The normalized spacial score (nSPS) is 11.8. The van der Waals surface area contributed by atoms with E-state index in [1.54, 1.807) is 6.92 Å². The number of aromatic hydroxyl groups is 1. The van der Waals surface area contributed by atoms with Gasteiger partial charge in [0.2, 0.25) is 0 Å². The zero-order chi connectivity index (χ0) is 16.6. The molecule has 0 aromatic heterocycles. The van der Waals surface area contributed by atoms with Gasteiger partial charge in [0.15, 0.2) is 5.75 Å². The fraction of sp³-hybridized carbons (Fsp3) is 0.400. The molecule has 2 unspecified atom stereocenters. The first-order chi connectivity index (χ1) is 9.79. The number of benzene rings is 1. The van der Waals surface area contributed by atoms with Gasteiger partial charge in [0, 0.05) is 11.6 Å². The molecule has 0 radical (unpaired) electrons. The zero-order valence-corrected chi connectivity index (χ0v) is 12.2. The molecule has 1 aromatic carbocycles. The Balaban J connectivity index is 0.000000885. The molecule has 0 heterocycles. The summed E-state index contributed by atoms with van der Waals surface area (Å²) in [4.78, 5) is 19.8. The molecule has 1 aromatic rings. The molecule has 10 heteroatoms. The fourth-order valence-corrected chi connectivity index (χ4v) is 1.47. The maximum atomic E-state index is 10.7. The average molecular weight is 300 g/mol. The summed E-state index contributed by atoms with van der Waals surface area (Å²) in [5.74, 6) is -0.677. The van der Waals surface area contributed by atoms with Crippen molar-refractivity contribution >= 4 is 27.3 Å². The van der Waals surface area contributed by atoms with Crippen LogP contribution in [0.4, 0.5) is 11.4 Å². The van der Waals surface area contributed by atoms with Gasteiger partial charge in [0.25, 0.3) is 5.69 Å². The van der Waals surface area contributed by atoms with E-state index in [2.05, 4.69) is 14.4 Å². The van der Waals surface area contributed by atoms with Crippen molar-refractivity contribution in [1.82, 2.24) is 0 Å². The molecule has 0 saturated carbocycles. The number of rotatable bonds is 4. The number of non-ortho nitro benzene ring substituents is 1. The van der Waals surface area contributed by atoms with Crippen LogP contribution in [0.5, 0.6) is 5.75 Å². The van der Waals surface area contributed by atoms with E-state index in [0.29, 0.717) is 6.42 Å². The molecule has 0 aliphatic rings. The number of nitro benzene ring substituents is 2. The van der Waals surface area contributed by atoms with Crippen molar-refractivity contribution in [3.8, 4) is 5.75 Å². The second kappa shape index (κ2) is 8.32. The van der Waals surface area contributed by atoms with Gasteiger partial charge in [-0.2, -0.15) is 0 Å². The van der Waals surface area contributed by atoms with Crippen LogP contribution in [-0.4, -0.2) is 21.7 Å². The molecule has 2 atom stereocenters. The molecule has 0 fully saturated rings. The van der Waals surface area contributed by atoms with E-state index in [4.69, 9.17) is 1.41 Å². The Bertz CT molecular complexity index is 554. The number of phenolic OH excluding ortho intramolecular Hbond substituents is 1. The Morgan fingerprint density at radius 3 is 2.40 bits per heavy atom. The topological polar surface area (TPSA) is 130 Å². The quantitative estimate of drug-likeness (QED) is 0.382. The molecule has 0 aliphatic carbocycles. The summed E-state index contributed by atoms with van der Waals surface area (Å²) in [6.45, 7) is 4.90. The standard InChI is InChI=1S/C10H12N2O5.BH3NP/c1-3-6(2)8-4-7(11(14)15)5-9(10(8)13)12(16)17;2-1-3/h4-6,13H,3H2,1-2H3;2H,3H2/i;2D. The fourth-order valence-electron chi connectivity index (χ4n) is 1.47. The number of hydrogen-bond donors (Lipinski definition) is 2. The Hall–Kier alpha value is -1.89. The molecule has 0 amide bonds. The molecule has 20 heavy (non-hydrogen) atoms. The minimum absolute atomic E-state index is 0.186. The summed E-state index contributed by atoms with van der Waals surface area (Å²) in [7, 11) is 2.18. The second-order valence-corrected chi connectivity index (χ2v) is 4.17. The van der Waals surface area contributed by atoms with Gasteiger partial charge in [0.05, 0.1) is 15.9 Å². The molecule has 2 N–H and O–H groups in total. The van der Waals surface area contributed by atoms with Gasteiger partial charge < -0.3 is 5.11 Å². The molecule has 1 rings (SSSR count). The summed E-state index contributed by atoms with van der Waals surface area (Å²) < 4.78 is 6.00. The molecule has 108 valence electrons. The van der Waals surface area contributed by atoms with E-state index in [1.807, 2.05) is 6.92 Å². The molecule has 0 spiro atoms. The average Bonchev–Trinajstić information content (AvgIpc) is 2.46. The van der Waals surface area contributed by atoms with Gasteiger partial charge in [-0.15, -0.1) is 0 Å². The summed E-state index contributed by atoms with van der Waals surface area (Å²) >= 11 is 0. The molecule has 8 nitrogen and oxygen atoms in total. The minimum atomic E-state index is -0.825. The first-order valence-corrected chi connectivity index (χ1v) is 6.30. The van der Waals surface area contributed by atoms with E-state index in [1.165, 1.54) is 12.9 Å². The molecular formula is C10H15BN3O5P. The third-order valence-electron chi connectivity index (χ3n) is 2.65. The molecule has 0 saturated heterocycles. The van der Waals surface area contributed by atoms with Crippen LogP contribution in [0.15, 0.2) is 12.1 Å². The van der Waals surface area contributed by atoms with Crippen molar-refractivity contribution in [2.75, 3.05) is 0 Å². The van der Waals surface area contributed by atoms with Gasteiger partial charge in [-0.3, -0.25) is 20.2 Å². The summed E-state index contributed by atoms with van der Waals surface area (Å²) in [5.41, 5.74) is -0.785. The Morgan fingerprint density at radius 2 is 2.05 bits per heavy atom. The first kappa shape index (κ1) is 16.2. The third-order valence-corrected chi connectivity index (χ3v) is 2.65. The Kier molecular flexibility index (Phi) is 6.73. The van der Waals surface area contributed by atoms with E-state index < -0.39 is 21.3 Å². The van der Waals surface area contributed by atoms with Crippen LogP contribution in [0.3, 0.4) is 0 Å². The zero-order valence-electron chi connectivity index (χ0n) is 12.0. The monoisotopic (exact) mass is 300 g/mol. The predicted molar refractivity (Wildman–Crippen MR) is 78.3 cm³/mol. The SMILES string of the molecule is CCC(C)c1cc([N+](=O)[O-])cc([N+](=O)[O-])c1O.[2H]N=BP. The van der Waals surface area contributed by atoms with E-state index >= 15 is 0 Å². The van der Waals surface area contributed by atoms with Gasteiger partial charge >= 0.3 is 28.3 Å². The van der Waals surface area contributed by atoms with E-state index in [0.717, 1.165) is 6.07 Å². The van der Waals surface area contributed by atoms with Crippen molar-refractivity contribution in [3.05, 3.63) is 37.9 Å². The van der Waals surface area contributed by atoms with E-state index in [-0.39, 0.29) is 17.2 Å². The molecule has 0 aliphatic heterocycles. The Labute approximate surface area is 119 Å². The number of nitrogens with zero attached hydrogens (tertiary/aromatic N) is 2. The van der Waals surface area contributed by atoms with Crippen molar-refractivity contribution in [2.45, 2.75) is 26.2 Å². The number of phenols is 1. The second-order valence-electron chi connectivity index (χ2n) is 3.88. The Morgan fingerprint density at radius 1 is 1.50 bits per heavy atom. The molecule has 0 bridgehead atoms. The van der Waals surface area contributed by atoms with Gasteiger partial charge in [-0.1, -0.05) is 13.8 Å². The van der Waals surface area contributed by atoms with Crippen molar-refractivity contribution in [3.63, 3.8) is 0 Å². The summed E-state index contributed by atoms with van der Waals surface area (Å²) in [6, 6.07) is 1.94. The van der Waals surface area contributed by atoms with Crippen LogP contribution < -0.4 is 0 Å². The first-order valence-electron chi connectivity index (χ1n) is 6.08. The van der Waals surface area contributed by atoms with E-state index in [9.17, 15) is 25.3 Å². The van der Waals surface area contributed by atoms with Gasteiger partial charge in [0.1, 0.15) is 0 Å². The van der Waals surface area contributed by atoms with Crippen LogP contribution in [0.1, 0.15) is 31.7 Å². The van der Waals surface area contributed by atoms with Crippen LogP contribution in [0.25, 0.3) is 0 Å².